The van der Waals surface area contributed by atoms with Gasteiger partial charge >= 0.3 is 0 Å². The Morgan fingerprint density at radius 3 is 2.85 bits per heavy atom. The number of aromatic amines is 1. The Bertz CT molecular complexity index is 713. The Labute approximate surface area is 123 Å². The second-order valence-electron chi connectivity index (χ2n) is 4.31. The van der Waals surface area contributed by atoms with Crippen molar-refractivity contribution in [2.24, 2.45) is 0 Å². The van der Waals surface area contributed by atoms with Crippen molar-refractivity contribution in [1.82, 2.24) is 10.3 Å². The molecule has 0 fully saturated rings. The molecule has 1 amide bonds. The minimum atomic E-state index is -0.498. The van der Waals surface area contributed by atoms with Gasteiger partial charge in [0.15, 0.2) is 5.43 Å². The number of nitrogens with one attached hydrogen (secondary N) is 2. The van der Waals surface area contributed by atoms with E-state index in [9.17, 15) is 14.0 Å². The molecule has 0 aliphatic heterocycles. The van der Waals surface area contributed by atoms with Crippen LogP contribution in [0.15, 0.2) is 39.7 Å². The molecule has 0 saturated carbocycles. The van der Waals surface area contributed by atoms with Crippen molar-refractivity contribution in [3.8, 4) is 0 Å². The van der Waals surface area contributed by atoms with Gasteiger partial charge in [0.05, 0.1) is 0 Å². The summed E-state index contributed by atoms with van der Waals surface area (Å²) in [6.45, 7) is 1.86. The van der Waals surface area contributed by atoms with Gasteiger partial charge in [-0.2, -0.15) is 0 Å². The predicted molar refractivity (Wildman–Crippen MR) is 77.1 cm³/mol. The van der Waals surface area contributed by atoms with E-state index in [1.165, 1.54) is 24.4 Å². The van der Waals surface area contributed by atoms with Crippen LogP contribution in [0, 0.1) is 12.7 Å². The van der Waals surface area contributed by atoms with Crippen molar-refractivity contribution in [1.29, 1.82) is 0 Å². The van der Waals surface area contributed by atoms with Crippen molar-refractivity contribution in [2.75, 3.05) is 0 Å². The Morgan fingerprint density at radius 1 is 1.40 bits per heavy atom. The fourth-order valence-corrected chi connectivity index (χ4v) is 2.09. The van der Waals surface area contributed by atoms with Gasteiger partial charge in [-0.15, -0.1) is 0 Å². The number of hydrogen-bond acceptors (Lipinski definition) is 2. The highest BCUT2D eigenvalue weighted by atomic mass is 79.9. The topological polar surface area (TPSA) is 62.0 Å². The molecule has 20 heavy (non-hydrogen) atoms. The van der Waals surface area contributed by atoms with Crippen LogP contribution in [0.2, 0.25) is 0 Å². The van der Waals surface area contributed by atoms with Crippen LogP contribution in [0.4, 0.5) is 4.39 Å². The summed E-state index contributed by atoms with van der Waals surface area (Å²) < 4.78 is 13.8. The monoisotopic (exact) mass is 338 g/mol. The van der Waals surface area contributed by atoms with Gasteiger partial charge < -0.3 is 10.3 Å². The SMILES string of the molecule is Cc1cc(=O)c(C(=O)NCc2cc(F)ccc2Br)c[nH]1. The molecule has 2 N–H and O–H groups in total. The highest BCUT2D eigenvalue weighted by molar-refractivity contribution is 9.10. The molecule has 0 bridgehead atoms. The molecule has 0 aliphatic carbocycles. The molecule has 1 heterocycles. The number of pyridine rings is 1. The second kappa shape index (κ2) is 6.00. The Hall–Kier alpha value is -1.95. The number of aromatic nitrogens is 1. The Kier molecular flexibility index (Phi) is 4.34. The molecular weight excluding hydrogens is 327 g/mol. The number of carbonyl (C=O) groups excluding carboxylic acids is 1. The first-order chi connectivity index (χ1) is 9.47. The van der Waals surface area contributed by atoms with Gasteiger partial charge in [0.25, 0.3) is 5.91 Å². The quantitative estimate of drug-likeness (QED) is 0.903. The normalized spacial score (nSPS) is 10.3. The molecule has 2 rings (SSSR count). The van der Waals surface area contributed by atoms with Crippen molar-refractivity contribution < 1.29 is 9.18 Å². The van der Waals surface area contributed by atoms with Crippen LogP contribution in [0.3, 0.4) is 0 Å². The number of carbonyl (C=O) groups is 1. The second-order valence-corrected chi connectivity index (χ2v) is 5.17. The maximum atomic E-state index is 13.1. The van der Waals surface area contributed by atoms with Crippen LogP contribution in [-0.4, -0.2) is 10.9 Å². The summed E-state index contributed by atoms with van der Waals surface area (Å²) in [5.74, 6) is -0.881. The van der Waals surface area contributed by atoms with Gasteiger partial charge in [-0.25, -0.2) is 4.39 Å². The Morgan fingerprint density at radius 2 is 2.15 bits per heavy atom. The standard InChI is InChI=1S/C14H12BrFN2O2/c1-8-4-13(19)11(7-17-8)14(20)18-6-9-5-10(16)2-3-12(9)15/h2-5,7H,6H2,1H3,(H,17,19)(H,18,20). The molecule has 0 spiro atoms. The lowest BCUT2D eigenvalue weighted by atomic mass is 10.2. The van der Waals surface area contributed by atoms with Crippen molar-refractivity contribution in [2.45, 2.75) is 13.5 Å². The molecule has 1 aromatic heterocycles. The van der Waals surface area contributed by atoms with Crippen molar-refractivity contribution >= 4 is 21.8 Å². The van der Waals surface area contributed by atoms with E-state index in [1.807, 2.05) is 0 Å². The fourth-order valence-electron chi connectivity index (χ4n) is 1.70. The summed E-state index contributed by atoms with van der Waals surface area (Å²) >= 11 is 3.27. The van der Waals surface area contributed by atoms with E-state index in [2.05, 4.69) is 26.2 Å². The first kappa shape index (κ1) is 14.5. The van der Waals surface area contributed by atoms with E-state index in [4.69, 9.17) is 0 Å². The number of H-pyrrole nitrogens is 1. The largest absolute Gasteiger partial charge is 0.364 e. The molecule has 1 aromatic carbocycles. The van der Waals surface area contributed by atoms with Gasteiger partial charge in [0.1, 0.15) is 11.4 Å². The molecule has 4 nitrogen and oxygen atoms in total. The van der Waals surface area contributed by atoms with Gasteiger partial charge in [-0.1, -0.05) is 15.9 Å². The summed E-state index contributed by atoms with van der Waals surface area (Å²) in [4.78, 5) is 26.4. The van der Waals surface area contributed by atoms with Crippen molar-refractivity contribution in [3.05, 3.63) is 67.8 Å². The summed E-state index contributed by atoms with van der Waals surface area (Å²) in [6.07, 6.45) is 1.37. The lowest BCUT2D eigenvalue weighted by Gasteiger charge is -2.07. The molecule has 6 heteroatoms. The summed E-state index contributed by atoms with van der Waals surface area (Å²) in [5.41, 5.74) is 0.960. The van der Waals surface area contributed by atoms with E-state index < -0.39 is 5.91 Å². The highest BCUT2D eigenvalue weighted by Crippen LogP contribution is 2.17. The molecule has 104 valence electrons. The molecule has 0 unspecified atom stereocenters. The number of rotatable bonds is 3. The minimum absolute atomic E-state index is 0.0307. The zero-order valence-electron chi connectivity index (χ0n) is 10.7. The van der Waals surface area contributed by atoms with E-state index in [1.54, 1.807) is 13.0 Å². The third-order valence-corrected chi connectivity index (χ3v) is 3.52. The van der Waals surface area contributed by atoms with Gasteiger partial charge in [0, 0.05) is 29.0 Å². The molecule has 0 radical (unpaired) electrons. The van der Waals surface area contributed by atoms with Crippen LogP contribution in [-0.2, 0) is 6.54 Å². The van der Waals surface area contributed by atoms with E-state index >= 15 is 0 Å². The summed E-state index contributed by atoms with van der Waals surface area (Å²) in [5, 5.41) is 2.59. The zero-order valence-corrected chi connectivity index (χ0v) is 12.3. The number of aryl methyl sites for hydroxylation is 1. The van der Waals surface area contributed by atoms with Crippen LogP contribution in [0.1, 0.15) is 21.6 Å². The molecule has 0 atom stereocenters. The molecule has 0 saturated heterocycles. The van der Waals surface area contributed by atoms with E-state index in [-0.39, 0.29) is 23.4 Å². The third kappa shape index (κ3) is 3.33. The first-order valence-electron chi connectivity index (χ1n) is 5.89. The van der Waals surface area contributed by atoms with Crippen LogP contribution >= 0.6 is 15.9 Å². The van der Waals surface area contributed by atoms with Gasteiger partial charge in [0.2, 0.25) is 0 Å². The van der Waals surface area contributed by atoms with Gasteiger partial charge in [-0.05, 0) is 30.7 Å². The minimum Gasteiger partial charge on any atom is -0.364 e. The Balaban J connectivity index is 2.12. The van der Waals surface area contributed by atoms with E-state index in [0.29, 0.717) is 15.7 Å². The van der Waals surface area contributed by atoms with E-state index in [0.717, 1.165) is 0 Å². The predicted octanol–water partition coefficient (Wildman–Crippen LogP) is 2.51. The summed E-state index contributed by atoms with van der Waals surface area (Å²) in [6, 6.07) is 5.56. The lowest BCUT2D eigenvalue weighted by molar-refractivity contribution is 0.0949. The van der Waals surface area contributed by atoms with Crippen LogP contribution < -0.4 is 10.7 Å². The van der Waals surface area contributed by atoms with Crippen LogP contribution in [0.25, 0.3) is 0 Å². The average molecular weight is 339 g/mol. The zero-order chi connectivity index (χ0) is 14.7. The number of hydrogen-bond donors (Lipinski definition) is 2. The number of benzene rings is 1. The maximum absolute atomic E-state index is 13.1. The molecule has 0 aliphatic rings. The molecular formula is C14H12BrFN2O2. The highest BCUT2D eigenvalue weighted by Gasteiger charge is 2.11. The van der Waals surface area contributed by atoms with Gasteiger partial charge in [-0.3, -0.25) is 9.59 Å². The average Bonchev–Trinajstić information content (AvgIpc) is 2.39. The fraction of sp³-hybridized carbons (Fsp3) is 0.143. The number of amides is 1. The smallest absolute Gasteiger partial charge is 0.257 e. The van der Waals surface area contributed by atoms with Crippen molar-refractivity contribution in [3.63, 3.8) is 0 Å². The maximum Gasteiger partial charge on any atom is 0.257 e. The molecule has 2 aromatic rings. The third-order valence-electron chi connectivity index (χ3n) is 2.75. The lowest BCUT2D eigenvalue weighted by Crippen LogP contribution is -2.28. The summed E-state index contributed by atoms with van der Waals surface area (Å²) in [7, 11) is 0. The number of halogens is 2. The van der Waals surface area contributed by atoms with Crippen LogP contribution in [0.5, 0.6) is 0 Å². The first-order valence-corrected chi connectivity index (χ1v) is 6.68.